The van der Waals surface area contributed by atoms with Crippen LogP contribution in [0.5, 0.6) is 0 Å². The van der Waals surface area contributed by atoms with Crippen LogP contribution in [0, 0.1) is 0 Å². The van der Waals surface area contributed by atoms with E-state index >= 15 is 0 Å². The minimum absolute atomic E-state index is 0.332. The van der Waals surface area contributed by atoms with Crippen LogP contribution in [0.25, 0.3) is 0 Å². The van der Waals surface area contributed by atoms with Crippen LogP contribution in [0.1, 0.15) is 44.8 Å². The number of anilines is 1. The second-order valence-corrected chi connectivity index (χ2v) is 5.89. The largest absolute Gasteiger partial charge is 0.388 e. The summed E-state index contributed by atoms with van der Waals surface area (Å²) >= 11 is 0. The smallest absolute Gasteiger partial charge is 0.0787 e. The fourth-order valence-corrected chi connectivity index (χ4v) is 3.06. The molecule has 1 fully saturated rings. The molecule has 0 radical (unpaired) electrons. The molecule has 3 heteroatoms. The molecule has 1 saturated heterocycles. The molecule has 1 aliphatic rings. The highest BCUT2D eigenvalue weighted by Gasteiger charge is 2.22. The Morgan fingerprint density at radius 1 is 1.20 bits per heavy atom. The van der Waals surface area contributed by atoms with Crippen LogP contribution in [0.2, 0.25) is 0 Å². The molecule has 0 aliphatic carbocycles. The zero-order chi connectivity index (χ0) is 14.5. The monoisotopic (exact) mass is 276 g/mol. The third-order valence-corrected chi connectivity index (χ3v) is 4.37. The Morgan fingerprint density at radius 3 is 2.50 bits per heavy atom. The molecule has 0 amide bonds. The van der Waals surface area contributed by atoms with E-state index in [-0.39, 0.29) is 6.10 Å². The Bertz CT molecular complexity index is 404. The van der Waals surface area contributed by atoms with Crippen LogP contribution in [-0.4, -0.2) is 42.7 Å². The van der Waals surface area contributed by atoms with Crippen molar-refractivity contribution < 1.29 is 5.11 Å². The lowest BCUT2D eigenvalue weighted by molar-refractivity contribution is 0.173. The highest BCUT2D eigenvalue weighted by atomic mass is 16.3. The van der Waals surface area contributed by atoms with Gasteiger partial charge in [0.2, 0.25) is 0 Å². The lowest BCUT2D eigenvalue weighted by Gasteiger charge is -2.32. The second kappa shape index (κ2) is 7.09. The van der Waals surface area contributed by atoms with Crippen LogP contribution in [0.4, 0.5) is 5.69 Å². The van der Waals surface area contributed by atoms with E-state index in [0.29, 0.717) is 6.04 Å². The Hall–Kier alpha value is -1.06. The highest BCUT2D eigenvalue weighted by molar-refractivity contribution is 5.49. The molecule has 1 N–H and O–H groups in total. The number of hydrogen-bond acceptors (Lipinski definition) is 3. The highest BCUT2D eigenvalue weighted by Crippen LogP contribution is 2.25. The van der Waals surface area contributed by atoms with Crippen molar-refractivity contribution in [1.29, 1.82) is 0 Å². The molecule has 1 aromatic rings. The van der Waals surface area contributed by atoms with Gasteiger partial charge in [-0.1, -0.05) is 26.0 Å². The minimum atomic E-state index is -0.332. The summed E-state index contributed by atoms with van der Waals surface area (Å²) in [4.78, 5) is 4.97. The zero-order valence-corrected chi connectivity index (χ0v) is 13.0. The topological polar surface area (TPSA) is 26.7 Å². The van der Waals surface area contributed by atoms with E-state index < -0.39 is 0 Å². The fraction of sp³-hybridized carbons (Fsp3) is 0.647. The summed E-state index contributed by atoms with van der Waals surface area (Å²) in [7, 11) is 2.22. The Balaban J connectivity index is 2.16. The Kier molecular flexibility index (Phi) is 5.44. The molecule has 0 aromatic heterocycles. The van der Waals surface area contributed by atoms with Gasteiger partial charge >= 0.3 is 0 Å². The summed E-state index contributed by atoms with van der Waals surface area (Å²) in [5.74, 6) is 0. The van der Waals surface area contributed by atoms with Crippen molar-refractivity contribution >= 4 is 5.69 Å². The number of aliphatic hydroxyl groups excluding tert-OH is 1. The molecule has 1 heterocycles. The number of likely N-dealkylation sites (N-methyl/N-ethyl adjacent to an activating group) is 1. The summed E-state index contributed by atoms with van der Waals surface area (Å²) < 4.78 is 0. The normalized spacial score (nSPS) is 22.6. The molecule has 2 unspecified atom stereocenters. The molecule has 20 heavy (non-hydrogen) atoms. The van der Waals surface area contributed by atoms with Gasteiger partial charge in [-0.15, -0.1) is 0 Å². The predicted molar refractivity (Wildman–Crippen MR) is 85.2 cm³/mol. The Labute approximate surface area is 123 Å². The maximum Gasteiger partial charge on any atom is 0.0787 e. The molecule has 1 aliphatic heterocycles. The van der Waals surface area contributed by atoms with E-state index in [1.54, 1.807) is 0 Å². The van der Waals surface area contributed by atoms with E-state index in [1.807, 2.05) is 6.92 Å². The average Bonchev–Trinajstić information content (AvgIpc) is 2.67. The lowest BCUT2D eigenvalue weighted by Crippen LogP contribution is -2.39. The quantitative estimate of drug-likeness (QED) is 0.915. The van der Waals surface area contributed by atoms with E-state index in [2.05, 4.69) is 48.0 Å². The number of benzene rings is 1. The molecular weight excluding hydrogens is 248 g/mol. The SMILES string of the molecule is CCC(O)c1ccc(N2CCCN(C)CC2CC)cc1. The molecule has 112 valence electrons. The number of rotatable bonds is 4. The molecule has 3 nitrogen and oxygen atoms in total. The van der Waals surface area contributed by atoms with Crippen LogP contribution in [0.3, 0.4) is 0 Å². The van der Waals surface area contributed by atoms with Gasteiger partial charge in [-0.2, -0.15) is 0 Å². The number of nitrogens with zero attached hydrogens (tertiary/aromatic N) is 2. The van der Waals surface area contributed by atoms with Crippen molar-refractivity contribution in [3.05, 3.63) is 29.8 Å². The first kappa shape index (κ1) is 15.3. The van der Waals surface area contributed by atoms with Gasteiger partial charge in [0.05, 0.1) is 6.10 Å². The van der Waals surface area contributed by atoms with Crippen molar-refractivity contribution in [2.45, 2.75) is 45.3 Å². The number of hydrogen-bond donors (Lipinski definition) is 1. The molecule has 2 atom stereocenters. The van der Waals surface area contributed by atoms with Crippen molar-refractivity contribution in [3.63, 3.8) is 0 Å². The maximum atomic E-state index is 9.89. The molecule has 0 spiro atoms. The van der Waals surface area contributed by atoms with E-state index in [9.17, 15) is 5.11 Å². The third-order valence-electron chi connectivity index (χ3n) is 4.37. The Morgan fingerprint density at radius 2 is 1.90 bits per heavy atom. The first-order valence-electron chi connectivity index (χ1n) is 7.88. The number of aliphatic hydroxyl groups is 1. The van der Waals surface area contributed by atoms with Crippen molar-refractivity contribution in [2.24, 2.45) is 0 Å². The van der Waals surface area contributed by atoms with Crippen molar-refractivity contribution in [2.75, 3.05) is 31.6 Å². The fourth-order valence-electron chi connectivity index (χ4n) is 3.06. The molecule has 0 saturated carbocycles. The van der Waals surface area contributed by atoms with Gasteiger partial charge in [0.1, 0.15) is 0 Å². The van der Waals surface area contributed by atoms with Gasteiger partial charge in [0.15, 0.2) is 0 Å². The van der Waals surface area contributed by atoms with E-state index in [4.69, 9.17) is 0 Å². The lowest BCUT2D eigenvalue weighted by atomic mass is 10.1. The molecule has 0 bridgehead atoms. The minimum Gasteiger partial charge on any atom is -0.388 e. The standard InChI is InChI=1S/C17H28N2O/c1-4-15-13-18(3)11-6-12-19(15)16-9-7-14(8-10-16)17(20)5-2/h7-10,15,17,20H,4-6,11-13H2,1-3H3. The molecular formula is C17H28N2O. The van der Waals surface area contributed by atoms with E-state index in [0.717, 1.165) is 25.1 Å². The zero-order valence-electron chi connectivity index (χ0n) is 13.0. The summed E-state index contributed by atoms with van der Waals surface area (Å²) in [5.41, 5.74) is 2.32. The van der Waals surface area contributed by atoms with Crippen LogP contribution < -0.4 is 4.90 Å². The van der Waals surface area contributed by atoms with E-state index in [1.165, 1.54) is 25.1 Å². The first-order chi connectivity index (χ1) is 9.65. The van der Waals surface area contributed by atoms with Gasteiger partial charge in [-0.05, 0) is 50.6 Å². The van der Waals surface area contributed by atoms with Gasteiger partial charge in [0, 0.05) is 24.8 Å². The van der Waals surface area contributed by atoms with Gasteiger partial charge in [0.25, 0.3) is 0 Å². The second-order valence-electron chi connectivity index (χ2n) is 5.89. The first-order valence-corrected chi connectivity index (χ1v) is 7.88. The van der Waals surface area contributed by atoms with Crippen molar-refractivity contribution in [1.82, 2.24) is 4.90 Å². The summed E-state index contributed by atoms with van der Waals surface area (Å²) in [6, 6.07) is 9.07. The molecule has 1 aromatic carbocycles. The summed E-state index contributed by atoms with van der Waals surface area (Å²) in [6.07, 6.45) is 2.82. The maximum absolute atomic E-state index is 9.89. The van der Waals surface area contributed by atoms with Gasteiger partial charge < -0.3 is 14.9 Å². The summed E-state index contributed by atoms with van der Waals surface area (Å²) in [5, 5.41) is 9.89. The van der Waals surface area contributed by atoms with Crippen LogP contribution in [-0.2, 0) is 0 Å². The van der Waals surface area contributed by atoms with Gasteiger partial charge in [-0.25, -0.2) is 0 Å². The van der Waals surface area contributed by atoms with Crippen LogP contribution >= 0.6 is 0 Å². The van der Waals surface area contributed by atoms with Crippen LogP contribution in [0.15, 0.2) is 24.3 Å². The third kappa shape index (κ3) is 3.53. The molecule has 2 rings (SSSR count). The predicted octanol–water partition coefficient (Wildman–Crippen LogP) is 3.05. The van der Waals surface area contributed by atoms with Crippen molar-refractivity contribution in [3.8, 4) is 0 Å². The average molecular weight is 276 g/mol. The summed E-state index contributed by atoms with van der Waals surface area (Å²) in [6.45, 7) is 7.72. The van der Waals surface area contributed by atoms with Gasteiger partial charge in [-0.3, -0.25) is 0 Å².